The van der Waals surface area contributed by atoms with E-state index in [-0.39, 0.29) is 6.04 Å². The number of hydrogen-bond donors (Lipinski definition) is 3. The van der Waals surface area contributed by atoms with E-state index in [0.29, 0.717) is 6.54 Å². The van der Waals surface area contributed by atoms with E-state index in [2.05, 4.69) is 5.32 Å². The Hall–Kier alpha value is -1.10. The highest BCUT2D eigenvalue weighted by Gasteiger charge is 2.22. The summed E-state index contributed by atoms with van der Waals surface area (Å²) in [5, 5.41) is 13.6. The lowest BCUT2D eigenvalue weighted by molar-refractivity contribution is 0.127. The number of nitrogens with one attached hydrogen (secondary N) is 1. The summed E-state index contributed by atoms with van der Waals surface area (Å²) >= 11 is 0. The summed E-state index contributed by atoms with van der Waals surface area (Å²) in [6.45, 7) is 4.53. The maximum absolute atomic E-state index is 10.5. The monoisotopic (exact) mass is 252 g/mol. The molecule has 0 aliphatic heterocycles. The van der Waals surface area contributed by atoms with E-state index >= 15 is 0 Å². The number of aliphatic hydroxyl groups is 1. The second-order valence-electron chi connectivity index (χ2n) is 4.59. The average molecular weight is 252 g/mol. The first-order valence-electron chi connectivity index (χ1n) is 6.25. The lowest BCUT2D eigenvalue weighted by Gasteiger charge is -2.25. The highest BCUT2D eigenvalue weighted by molar-refractivity contribution is 5.42. The molecule has 4 heteroatoms. The normalized spacial score (nSPS) is 14.3. The van der Waals surface area contributed by atoms with Gasteiger partial charge in [-0.25, -0.2) is 0 Å². The Balaban J connectivity index is 3.08. The topological polar surface area (TPSA) is 67.5 Å². The minimum absolute atomic E-state index is 0.0270. The van der Waals surface area contributed by atoms with Crippen molar-refractivity contribution < 1.29 is 9.84 Å². The molecule has 0 heterocycles. The van der Waals surface area contributed by atoms with Gasteiger partial charge in [0, 0.05) is 6.04 Å². The van der Waals surface area contributed by atoms with E-state index in [0.717, 1.165) is 28.9 Å². The molecular formula is C14H24N2O2. The fourth-order valence-electron chi connectivity index (χ4n) is 2.36. The van der Waals surface area contributed by atoms with Crippen molar-refractivity contribution in [3.8, 4) is 5.75 Å². The summed E-state index contributed by atoms with van der Waals surface area (Å²) in [5.41, 5.74) is 8.61. The number of nitrogens with two attached hydrogens (primary N) is 1. The van der Waals surface area contributed by atoms with Crippen molar-refractivity contribution in [1.82, 2.24) is 5.32 Å². The van der Waals surface area contributed by atoms with E-state index in [1.54, 1.807) is 7.11 Å². The molecule has 0 fully saturated rings. The number of rotatable bonds is 6. The number of aryl methyl sites for hydroxylation is 2. The molecule has 0 bridgehead atoms. The van der Waals surface area contributed by atoms with Crippen LogP contribution in [0.4, 0.5) is 0 Å². The summed E-state index contributed by atoms with van der Waals surface area (Å²) in [7, 11) is 3.49. The van der Waals surface area contributed by atoms with Gasteiger partial charge in [0.25, 0.3) is 0 Å². The number of hydrogen-bond acceptors (Lipinski definition) is 4. The Morgan fingerprint density at radius 2 is 1.89 bits per heavy atom. The van der Waals surface area contributed by atoms with Gasteiger partial charge in [-0.15, -0.1) is 0 Å². The molecule has 0 saturated carbocycles. The molecule has 0 aliphatic rings. The first-order valence-corrected chi connectivity index (χ1v) is 6.25. The molecule has 1 rings (SSSR count). The average Bonchev–Trinajstić information content (AvgIpc) is 2.34. The lowest BCUT2D eigenvalue weighted by Crippen LogP contribution is -2.34. The molecule has 0 aromatic heterocycles. The van der Waals surface area contributed by atoms with Crippen LogP contribution in [0.2, 0.25) is 0 Å². The maximum atomic E-state index is 10.5. The van der Waals surface area contributed by atoms with Gasteiger partial charge >= 0.3 is 0 Å². The number of likely N-dealkylation sites (N-methyl/N-ethyl adjacent to an activating group) is 1. The fourth-order valence-corrected chi connectivity index (χ4v) is 2.36. The van der Waals surface area contributed by atoms with Crippen molar-refractivity contribution >= 4 is 0 Å². The van der Waals surface area contributed by atoms with Crippen molar-refractivity contribution in [2.45, 2.75) is 32.4 Å². The van der Waals surface area contributed by atoms with Gasteiger partial charge in [0.05, 0.1) is 13.2 Å². The summed E-state index contributed by atoms with van der Waals surface area (Å²) < 4.78 is 5.23. The van der Waals surface area contributed by atoms with Crippen molar-refractivity contribution in [2.24, 2.45) is 5.73 Å². The molecule has 0 saturated heterocycles. The van der Waals surface area contributed by atoms with Crippen LogP contribution in [-0.4, -0.2) is 31.9 Å². The molecule has 2 unspecified atom stereocenters. The van der Waals surface area contributed by atoms with Crippen LogP contribution >= 0.6 is 0 Å². The van der Waals surface area contributed by atoms with Crippen LogP contribution < -0.4 is 15.8 Å². The number of ether oxygens (including phenoxy) is 1. The minimum Gasteiger partial charge on any atom is -0.497 e. The van der Waals surface area contributed by atoms with Crippen LogP contribution in [0.1, 0.15) is 29.2 Å². The van der Waals surface area contributed by atoms with E-state index in [9.17, 15) is 5.11 Å². The molecule has 18 heavy (non-hydrogen) atoms. The zero-order valence-electron chi connectivity index (χ0n) is 11.7. The van der Waals surface area contributed by atoms with Crippen molar-refractivity contribution in [3.63, 3.8) is 0 Å². The van der Waals surface area contributed by atoms with Crippen molar-refractivity contribution in [1.29, 1.82) is 0 Å². The zero-order valence-corrected chi connectivity index (χ0v) is 11.7. The Morgan fingerprint density at radius 1 is 1.33 bits per heavy atom. The van der Waals surface area contributed by atoms with Gasteiger partial charge < -0.3 is 20.9 Å². The van der Waals surface area contributed by atoms with Gasteiger partial charge in [-0.1, -0.05) is 0 Å². The second-order valence-corrected chi connectivity index (χ2v) is 4.59. The van der Waals surface area contributed by atoms with E-state index in [1.807, 2.05) is 33.0 Å². The van der Waals surface area contributed by atoms with Crippen LogP contribution in [0.3, 0.4) is 0 Å². The molecule has 0 spiro atoms. The maximum Gasteiger partial charge on any atom is 0.119 e. The molecular weight excluding hydrogens is 228 g/mol. The Labute approximate surface area is 109 Å². The van der Waals surface area contributed by atoms with Gasteiger partial charge in [-0.2, -0.15) is 0 Å². The van der Waals surface area contributed by atoms with Crippen molar-refractivity contribution in [2.75, 3.05) is 20.7 Å². The summed E-state index contributed by atoms with van der Waals surface area (Å²) in [4.78, 5) is 0. The standard InChI is InChI=1S/C14H24N2O2/c1-9-7-11(18-4)8-10(2)13(9)14(17)12(16-3)5-6-15/h7-8,12,14,16-17H,5-6,15H2,1-4H3. The summed E-state index contributed by atoms with van der Waals surface area (Å²) in [5.74, 6) is 0.820. The van der Waals surface area contributed by atoms with E-state index < -0.39 is 6.10 Å². The lowest BCUT2D eigenvalue weighted by atomic mass is 9.92. The van der Waals surface area contributed by atoms with Gasteiger partial charge in [-0.3, -0.25) is 0 Å². The molecule has 1 aromatic carbocycles. The molecule has 102 valence electrons. The van der Waals surface area contributed by atoms with Crippen LogP contribution in [0.15, 0.2) is 12.1 Å². The van der Waals surface area contributed by atoms with Crippen molar-refractivity contribution in [3.05, 3.63) is 28.8 Å². The van der Waals surface area contributed by atoms with Crippen LogP contribution in [0, 0.1) is 13.8 Å². The second kappa shape index (κ2) is 6.73. The van der Waals surface area contributed by atoms with Gasteiger partial charge in [0.1, 0.15) is 5.75 Å². The third-order valence-corrected chi connectivity index (χ3v) is 3.33. The van der Waals surface area contributed by atoms with Gasteiger partial charge in [-0.05, 0) is 62.7 Å². The van der Waals surface area contributed by atoms with Gasteiger partial charge in [0.2, 0.25) is 0 Å². The number of benzene rings is 1. The predicted molar refractivity (Wildman–Crippen MR) is 73.9 cm³/mol. The highest BCUT2D eigenvalue weighted by Crippen LogP contribution is 2.29. The molecule has 0 aliphatic carbocycles. The predicted octanol–water partition coefficient (Wildman–Crippen LogP) is 1.28. The smallest absolute Gasteiger partial charge is 0.119 e. The number of aliphatic hydroxyl groups excluding tert-OH is 1. The molecule has 4 N–H and O–H groups in total. The molecule has 0 amide bonds. The SMILES string of the molecule is CNC(CCN)C(O)c1c(C)cc(OC)cc1C. The zero-order chi connectivity index (χ0) is 13.7. The quantitative estimate of drug-likeness (QED) is 0.713. The first-order chi connectivity index (χ1) is 8.54. The van der Waals surface area contributed by atoms with Crippen LogP contribution in [-0.2, 0) is 0 Å². The Morgan fingerprint density at radius 3 is 2.28 bits per heavy atom. The molecule has 2 atom stereocenters. The number of methoxy groups -OCH3 is 1. The summed E-state index contributed by atoms with van der Waals surface area (Å²) in [6, 6.07) is 3.86. The first kappa shape index (κ1) is 15.0. The molecule has 1 aromatic rings. The molecule has 0 radical (unpaired) electrons. The van der Waals surface area contributed by atoms with E-state index in [1.165, 1.54) is 0 Å². The Kier molecular flexibility index (Phi) is 5.59. The van der Waals surface area contributed by atoms with Crippen LogP contribution in [0.5, 0.6) is 5.75 Å². The van der Waals surface area contributed by atoms with E-state index in [4.69, 9.17) is 10.5 Å². The minimum atomic E-state index is -0.551. The third-order valence-electron chi connectivity index (χ3n) is 3.33. The van der Waals surface area contributed by atoms with Crippen LogP contribution in [0.25, 0.3) is 0 Å². The molecule has 4 nitrogen and oxygen atoms in total. The fraction of sp³-hybridized carbons (Fsp3) is 0.571. The van der Waals surface area contributed by atoms with Gasteiger partial charge in [0.15, 0.2) is 0 Å². The summed E-state index contributed by atoms with van der Waals surface area (Å²) in [6.07, 6.45) is 0.187. The Bertz CT molecular complexity index is 370. The highest BCUT2D eigenvalue weighted by atomic mass is 16.5. The third kappa shape index (κ3) is 3.22. The largest absolute Gasteiger partial charge is 0.497 e.